The van der Waals surface area contributed by atoms with E-state index in [4.69, 9.17) is 0 Å². The highest BCUT2D eigenvalue weighted by Crippen LogP contribution is 2.19. The van der Waals surface area contributed by atoms with Gasteiger partial charge in [-0.25, -0.2) is 4.98 Å². The van der Waals surface area contributed by atoms with Crippen molar-refractivity contribution in [3.63, 3.8) is 0 Å². The van der Waals surface area contributed by atoms with Crippen molar-refractivity contribution in [2.24, 2.45) is 0 Å². The average molecular weight is 263 g/mol. The molecule has 1 N–H and O–H groups in total. The van der Waals surface area contributed by atoms with E-state index in [0.717, 1.165) is 16.0 Å². The van der Waals surface area contributed by atoms with E-state index >= 15 is 0 Å². The molecule has 1 aromatic heterocycles. The fourth-order valence-corrected chi connectivity index (χ4v) is 1.49. The summed E-state index contributed by atoms with van der Waals surface area (Å²) in [5.74, 6) is 0.863. The number of hydrogen-bond donors (Lipinski definition) is 1. The zero-order valence-corrected chi connectivity index (χ0v) is 9.95. The second kappa shape index (κ2) is 4.45. The van der Waals surface area contributed by atoms with E-state index in [0.29, 0.717) is 0 Å². The molecule has 2 aromatic rings. The lowest BCUT2D eigenvalue weighted by molar-refractivity contribution is 1.25. The van der Waals surface area contributed by atoms with Crippen LogP contribution in [-0.4, -0.2) is 4.98 Å². The number of pyridine rings is 1. The van der Waals surface area contributed by atoms with Crippen LogP contribution in [0.1, 0.15) is 5.56 Å². The molecule has 15 heavy (non-hydrogen) atoms. The van der Waals surface area contributed by atoms with Crippen LogP contribution < -0.4 is 5.32 Å². The summed E-state index contributed by atoms with van der Waals surface area (Å²) in [6, 6.07) is 12.0. The lowest BCUT2D eigenvalue weighted by Crippen LogP contribution is -1.93. The first-order valence-corrected chi connectivity index (χ1v) is 5.49. The largest absolute Gasteiger partial charge is 0.340 e. The van der Waals surface area contributed by atoms with Gasteiger partial charge in [-0.05, 0) is 46.6 Å². The van der Waals surface area contributed by atoms with Crippen LogP contribution in [-0.2, 0) is 0 Å². The third kappa shape index (κ3) is 2.57. The molecule has 0 amide bonds. The summed E-state index contributed by atoms with van der Waals surface area (Å²) in [5, 5.41) is 3.24. The maximum absolute atomic E-state index is 4.28. The molecule has 0 aliphatic heterocycles. The van der Waals surface area contributed by atoms with Crippen LogP contribution in [0.4, 0.5) is 11.5 Å². The van der Waals surface area contributed by atoms with E-state index < -0.39 is 0 Å². The average Bonchev–Trinajstić information content (AvgIpc) is 2.25. The molecule has 0 radical (unpaired) electrons. The van der Waals surface area contributed by atoms with Crippen molar-refractivity contribution in [2.75, 3.05) is 5.32 Å². The number of aromatic nitrogens is 1. The predicted octanol–water partition coefficient (Wildman–Crippen LogP) is 3.90. The van der Waals surface area contributed by atoms with Crippen LogP contribution >= 0.6 is 15.9 Å². The van der Waals surface area contributed by atoms with Crippen molar-refractivity contribution < 1.29 is 0 Å². The Hall–Kier alpha value is -1.35. The van der Waals surface area contributed by atoms with Gasteiger partial charge in [-0.15, -0.1) is 0 Å². The van der Waals surface area contributed by atoms with Gasteiger partial charge < -0.3 is 5.32 Å². The van der Waals surface area contributed by atoms with Crippen molar-refractivity contribution in [1.29, 1.82) is 0 Å². The van der Waals surface area contributed by atoms with Crippen molar-refractivity contribution >= 4 is 27.4 Å². The van der Waals surface area contributed by atoms with E-state index in [1.807, 2.05) is 43.3 Å². The van der Waals surface area contributed by atoms with Crippen LogP contribution in [0.25, 0.3) is 0 Å². The van der Waals surface area contributed by atoms with E-state index in [-0.39, 0.29) is 0 Å². The van der Waals surface area contributed by atoms with Crippen molar-refractivity contribution in [1.82, 2.24) is 4.98 Å². The predicted molar refractivity (Wildman–Crippen MR) is 66.4 cm³/mol. The summed E-state index contributed by atoms with van der Waals surface area (Å²) < 4.78 is 1.03. The Balaban J connectivity index is 2.22. The van der Waals surface area contributed by atoms with E-state index in [2.05, 4.69) is 26.2 Å². The highest BCUT2D eigenvalue weighted by molar-refractivity contribution is 9.10. The molecule has 2 nitrogen and oxygen atoms in total. The van der Waals surface area contributed by atoms with Gasteiger partial charge in [0.05, 0.1) is 0 Å². The molecule has 3 heteroatoms. The number of rotatable bonds is 2. The Morgan fingerprint density at radius 1 is 1.20 bits per heavy atom. The zero-order chi connectivity index (χ0) is 10.7. The normalized spacial score (nSPS) is 10.0. The summed E-state index contributed by atoms with van der Waals surface area (Å²) in [6.45, 7) is 2.04. The van der Waals surface area contributed by atoms with Crippen LogP contribution in [0, 0.1) is 6.92 Å². The third-order valence-corrected chi connectivity index (χ3v) is 2.92. The van der Waals surface area contributed by atoms with E-state index in [1.165, 1.54) is 5.56 Å². The van der Waals surface area contributed by atoms with Crippen molar-refractivity contribution in [3.8, 4) is 0 Å². The summed E-state index contributed by atoms with van der Waals surface area (Å²) in [4.78, 5) is 4.28. The van der Waals surface area contributed by atoms with E-state index in [9.17, 15) is 0 Å². The summed E-state index contributed by atoms with van der Waals surface area (Å²) >= 11 is 3.42. The number of para-hydroxylation sites is 1. The molecule has 0 aliphatic rings. The minimum Gasteiger partial charge on any atom is -0.340 e. The van der Waals surface area contributed by atoms with Crippen LogP contribution in [0.2, 0.25) is 0 Å². The van der Waals surface area contributed by atoms with Gasteiger partial charge in [-0.1, -0.05) is 18.2 Å². The molecule has 0 atom stereocenters. The number of nitrogens with one attached hydrogen (secondary N) is 1. The maximum atomic E-state index is 4.28. The molecular formula is C12H11BrN2. The molecule has 0 bridgehead atoms. The third-order valence-electron chi connectivity index (χ3n) is 2.09. The van der Waals surface area contributed by atoms with Gasteiger partial charge in [0, 0.05) is 16.4 Å². The number of benzene rings is 1. The minimum absolute atomic E-state index is 0.863. The Labute approximate surface area is 97.5 Å². The molecule has 0 spiro atoms. The minimum atomic E-state index is 0.863. The summed E-state index contributed by atoms with van der Waals surface area (Å²) in [6.07, 6.45) is 1.81. The summed E-state index contributed by atoms with van der Waals surface area (Å²) in [5.41, 5.74) is 2.22. The number of anilines is 2. The van der Waals surface area contributed by atoms with Crippen molar-refractivity contribution in [2.45, 2.75) is 6.92 Å². The number of halogens is 1. The smallest absolute Gasteiger partial charge is 0.130 e. The monoisotopic (exact) mass is 262 g/mol. The first-order valence-electron chi connectivity index (χ1n) is 4.70. The van der Waals surface area contributed by atoms with Gasteiger partial charge in [0.1, 0.15) is 5.82 Å². The Morgan fingerprint density at radius 2 is 1.93 bits per heavy atom. The van der Waals surface area contributed by atoms with Gasteiger partial charge in [-0.2, -0.15) is 0 Å². The van der Waals surface area contributed by atoms with E-state index in [1.54, 1.807) is 6.20 Å². The Morgan fingerprint density at radius 3 is 2.60 bits per heavy atom. The molecular weight excluding hydrogens is 252 g/mol. The van der Waals surface area contributed by atoms with Gasteiger partial charge in [0.2, 0.25) is 0 Å². The topological polar surface area (TPSA) is 24.9 Å². The Bertz CT molecular complexity index is 454. The van der Waals surface area contributed by atoms with Gasteiger partial charge in [-0.3, -0.25) is 0 Å². The van der Waals surface area contributed by atoms with Gasteiger partial charge in [0.25, 0.3) is 0 Å². The van der Waals surface area contributed by atoms with Gasteiger partial charge in [0.15, 0.2) is 0 Å². The second-order valence-corrected chi connectivity index (χ2v) is 4.16. The molecule has 1 aromatic carbocycles. The molecule has 0 aliphatic carbocycles. The maximum Gasteiger partial charge on any atom is 0.130 e. The number of hydrogen-bond acceptors (Lipinski definition) is 2. The van der Waals surface area contributed by atoms with Gasteiger partial charge >= 0.3 is 0 Å². The van der Waals surface area contributed by atoms with Crippen molar-refractivity contribution in [3.05, 3.63) is 52.6 Å². The molecule has 76 valence electrons. The first kappa shape index (κ1) is 10.2. The zero-order valence-electron chi connectivity index (χ0n) is 8.37. The first-order chi connectivity index (χ1) is 7.25. The second-order valence-electron chi connectivity index (χ2n) is 3.31. The molecule has 0 fully saturated rings. The fraction of sp³-hybridized carbons (Fsp3) is 0.0833. The number of aryl methyl sites for hydroxylation is 1. The Kier molecular flexibility index (Phi) is 3.02. The quantitative estimate of drug-likeness (QED) is 0.888. The molecule has 0 saturated carbocycles. The van der Waals surface area contributed by atoms with Crippen LogP contribution in [0.15, 0.2) is 47.1 Å². The summed E-state index contributed by atoms with van der Waals surface area (Å²) in [7, 11) is 0. The molecule has 1 heterocycles. The molecule has 0 unspecified atom stereocenters. The highest BCUT2D eigenvalue weighted by atomic mass is 79.9. The SMILES string of the molecule is Cc1cc(Nc2ccccc2)ncc1Br. The molecule has 0 saturated heterocycles. The van der Waals surface area contributed by atoms with Crippen LogP contribution in [0.5, 0.6) is 0 Å². The van der Waals surface area contributed by atoms with Crippen LogP contribution in [0.3, 0.4) is 0 Å². The molecule has 2 rings (SSSR count). The highest BCUT2D eigenvalue weighted by Gasteiger charge is 1.98. The number of nitrogens with zero attached hydrogens (tertiary/aromatic N) is 1. The fourth-order valence-electron chi connectivity index (χ4n) is 1.28. The standard InChI is InChI=1S/C12H11BrN2/c1-9-7-12(14-8-11(9)13)15-10-5-3-2-4-6-10/h2-8H,1H3,(H,14,15). The lowest BCUT2D eigenvalue weighted by Gasteiger charge is -2.06. The lowest BCUT2D eigenvalue weighted by atomic mass is 10.3.